The second-order valence-electron chi connectivity index (χ2n) is 5.79. The third kappa shape index (κ3) is 3.30. The first-order chi connectivity index (χ1) is 11.9. The molecule has 0 aromatic carbocycles. The molecule has 0 spiro atoms. The van der Waals surface area contributed by atoms with E-state index >= 15 is 0 Å². The van der Waals surface area contributed by atoms with Gasteiger partial charge in [-0.3, -0.25) is 9.78 Å². The monoisotopic (exact) mass is 350 g/mol. The highest BCUT2D eigenvalue weighted by Gasteiger charge is 2.31. The lowest BCUT2D eigenvalue weighted by molar-refractivity contribution is 0.101. The first kappa shape index (κ1) is 16.9. The largest absolute Gasteiger partial charge is 0.465 e. The number of carbonyl (C=O) groups excluding carboxylic acids is 1. The Bertz CT molecular complexity index is 835. The highest BCUT2D eigenvalue weighted by atomic mass is 19.3. The molecular formula is C16H16F2N4O3. The first-order valence-electron chi connectivity index (χ1n) is 7.59. The number of pyridine rings is 1. The quantitative estimate of drug-likeness (QED) is 0.790. The summed E-state index contributed by atoms with van der Waals surface area (Å²) in [5.74, 6) is -0.439. The minimum atomic E-state index is -2.72. The Labute approximate surface area is 141 Å². The Morgan fingerprint density at radius 2 is 2.20 bits per heavy atom. The van der Waals surface area contributed by atoms with E-state index in [2.05, 4.69) is 15.6 Å². The van der Waals surface area contributed by atoms with E-state index in [9.17, 15) is 18.4 Å². The Hall–Kier alpha value is -2.97. The van der Waals surface area contributed by atoms with Gasteiger partial charge in [0, 0.05) is 25.1 Å². The maximum atomic E-state index is 12.7. The van der Waals surface area contributed by atoms with E-state index in [0.717, 1.165) is 17.2 Å². The highest BCUT2D eigenvalue weighted by Crippen LogP contribution is 2.35. The molecule has 3 rings (SSSR count). The molecule has 3 N–H and O–H groups in total. The van der Waals surface area contributed by atoms with E-state index in [1.165, 1.54) is 12.3 Å². The van der Waals surface area contributed by atoms with Crippen LogP contribution in [-0.2, 0) is 13.5 Å². The van der Waals surface area contributed by atoms with Gasteiger partial charge in [-0.25, -0.2) is 13.6 Å². The minimum absolute atomic E-state index is 0.225. The molecule has 132 valence electrons. The number of fused-ring (bicyclic) bond motifs is 1. The van der Waals surface area contributed by atoms with Crippen molar-refractivity contribution in [3.63, 3.8) is 0 Å². The smallest absolute Gasteiger partial charge is 0.405 e. The number of hydrogen-bond donors (Lipinski definition) is 3. The molecule has 1 unspecified atom stereocenters. The van der Waals surface area contributed by atoms with Crippen LogP contribution in [0, 0.1) is 0 Å². The van der Waals surface area contributed by atoms with E-state index < -0.39 is 24.1 Å². The number of rotatable bonds is 4. The summed E-state index contributed by atoms with van der Waals surface area (Å²) in [4.78, 5) is 27.0. The third-order valence-corrected chi connectivity index (χ3v) is 4.15. The van der Waals surface area contributed by atoms with Crippen molar-refractivity contribution in [2.45, 2.75) is 25.3 Å². The number of halogens is 2. The predicted octanol–water partition coefficient (Wildman–Crippen LogP) is 2.86. The van der Waals surface area contributed by atoms with E-state index in [1.807, 2.05) is 0 Å². The van der Waals surface area contributed by atoms with E-state index in [-0.39, 0.29) is 11.7 Å². The summed E-state index contributed by atoms with van der Waals surface area (Å²) in [5.41, 5.74) is 1.73. The molecule has 25 heavy (non-hydrogen) atoms. The van der Waals surface area contributed by atoms with Crippen molar-refractivity contribution in [1.82, 2.24) is 14.9 Å². The number of anilines is 1. The third-order valence-electron chi connectivity index (χ3n) is 4.15. The standard InChI is InChI=1S/C16H16F2N4O3/c1-22-7-10-9(2-3-11(10)21-16(24)25)13(22)15(23)20-8-4-5-19-12(6-8)14(17)18/h4-7,11,14,21H,2-3H2,1H3,(H,24,25)(H,19,20,23). The predicted molar refractivity (Wildman–Crippen MR) is 84.8 cm³/mol. The summed E-state index contributed by atoms with van der Waals surface area (Å²) in [5, 5.41) is 13.9. The zero-order valence-electron chi connectivity index (χ0n) is 13.3. The van der Waals surface area contributed by atoms with Gasteiger partial charge in [0.2, 0.25) is 0 Å². The number of hydrogen-bond acceptors (Lipinski definition) is 3. The van der Waals surface area contributed by atoms with Gasteiger partial charge in [-0.2, -0.15) is 0 Å². The molecule has 9 heteroatoms. The second-order valence-corrected chi connectivity index (χ2v) is 5.79. The van der Waals surface area contributed by atoms with Gasteiger partial charge in [0.15, 0.2) is 0 Å². The SMILES string of the molecule is Cn1cc2c(c1C(=O)Nc1ccnc(C(F)F)c1)CCC2NC(=O)O. The summed E-state index contributed by atoms with van der Waals surface area (Å²) < 4.78 is 27.0. The first-order valence-corrected chi connectivity index (χ1v) is 7.59. The fourth-order valence-electron chi connectivity index (χ4n) is 3.14. The van der Waals surface area contributed by atoms with Gasteiger partial charge in [0.05, 0.1) is 6.04 Å². The zero-order chi connectivity index (χ0) is 18.1. The van der Waals surface area contributed by atoms with Crippen LogP contribution in [0.25, 0.3) is 0 Å². The van der Waals surface area contributed by atoms with Crippen LogP contribution in [0.15, 0.2) is 24.5 Å². The van der Waals surface area contributed by atoms with Crippen molar-refractivity contribution in [3.05, 3.63) is 47.0 Å². The van der Waals surface area contributed by atoms with E-state index in [0.29, 0.717) is 18.5 Å². The van der Waals surface area contributed by atoms with Gasteiger partial charge < -0.3 is 20.3 Å². The maximum absolute atomic E-state index is 12.7. The lowest BCUT2D eigenvalue weighted by Gasteiger charge is -2.09. The Morgan fingerprint density at radius 3 is 2.88 bits per heavy atom. The second kappa shape index (κ2) is 6.50. The highest BCUT2D eigenvalue weighted by molar-refractivity contribution is 6.04. The number of alkyl halides is 2. The lowest BCUT2D eigenvalue weighted by atomic mass is 10.1. The Kier molecular flexibility index (Phi) is 4.39. The fourth-order valence-corrected chi connectivity index (χ4v) is 3.14. The lowest BCUT2D eigenvalue weighted by Crippen LogP contribution is -2.24. The van der Waals surface area contributed by atoms with Crippen molar-refractivity contribution >= 4 is 17.7 Å². The molecule has 2 amide bonds. The molecule has 0 bridgehead atoms. The fraction of sp³-hybridized carbons (Fsp3) is 0.312. The van der Waals surface area contributed by atoms with Crippen molar-refractivity contribution in [2.24, 2.45) is 7.05 Å². The molecule has 2 aromatic rings. The molecule has 2 heterocycles. The summed E-state index contributed by atoms with van der Waals surface area (Å²) in [7, 11) is 1.68. The van der Waals surface area contributed by atoms with Crippen molar-refractivity contribution in [2.75, 3.05) is 5.32 Å². The molecule has 0 fully saturated rings. The Morgan fingerprint density at radius 1 is 1.44 bits per heavy atom. The zero-order valence-corrected chi connectivity index (χ0v) is 13.3. The van der Waals surface area contributed by atoms with Crippen LogP contribution in [0.4, 0.5) is 19.3 Å². The van der Waals surface area contributed by atoms with Crippen LogP contribution in [0.5, 0.6) is 0 Å². The van der Waals surface area contributed by atoms with Crippen LogP contribution >= 0.6 is 0 Å². The van der Waals surface area contributed by atoms with Gasteiger partial charge in [0.25, 0.3) is 12.3 Å². The maximum Gasteiger partial charge on any atom is 0.405 e. The van der Waals surface area contributed by atoms with Gasteiger partial charge >= 0.3 is 6.09 Å². The van der Waals surface area contributed by atoms with Gasteiger partial charge in [-0.15, -0.1) is 0 Å². The van der Waals surface area contributed by atoms with Crippen LogP contribution in [0.2, 0.25) is 0 Å². The number of nitrogens with zero attached hydrogens (tertiary/aromatic N) is 2. The molecule has 1 aliphatic carbocycles. The van der Waals surface area contributed by atoms with Crippen molar-refractivity contribution in [1.29, 1.82) is 0 Å². The number of aryl methyl sites for hydroxylation is 1. The van der Waals surface area contributed by atoms with E-state index in [4.69, 9.17) is 5.11 Å². The molecule has 2 aromatic heterocycles. The van der Waals surface area contributed by atoms with Crippen molar-refractivity contribution in [3.8, 4) is 0 Å². The molecule has 0 saturated carbocycles. The minimum Gasteiger partial charge on any atom is -0.465 e. The van der Waals surface area contributed by atoms with Crippen LogP contribution < -0.4 is 10.6 Å². The van der Waals surface area contributed by atoms with Crippen LogP contribution in [-0.4, -0.2) is 26.7 Å². The average Bonchev–Trinajstić information content (AvgIpc) is 3.05. The molecule has 7 nitrogen and oxygen atoms in total. The summed E-state index contributed by atoms with van der Waals surface area (Å²) >= 11 is 0. The number of aromatic nitrogens is 2. The normalized spacial score (nSPS) is 15.9. The summed E-state index contributed by atoms with van der Waals surface area (Å²) in [6.45, 7) is 0. The van der Waals surface area contributed by atoms with Gasteiger partial charge in [-0.05, 0) is 36.1 Å². The number of amides is 2. The summed E-state index contributed by atoms with van der Waals surface area (Å²) in [6.07, 6.45) is 0.211. The molecule has 0 aliphatic heterocycles. The van der Waals surface area contributed by atoms with Crippen LogP contribution in [0.1, 0.15) is 46.2 Å². The number of carbonyl (C=O) groups is 2. The Balaban J connectivity index is 1.84. The van der Waals surface area contributed by atoms with Crippen LogP contribution in [0.3, 0.4) is 0 Å². The average molecular weight is 350 g/mol. The summed E-state index contributed by atoms with van der Waals surface area (Å²) in [6, 6.07) is 2.20. The molecule has 0 radical (unpaired) electrons. The number of carboxylic acid groups (broad SMARTS) is 1. The molecule has 0 saturated heterocycles. The van der Waals surface area contributed by atoms with Gasteiger partial charge in [0.1, 0.15) is 11.4 Å². The molecule has 1 atom stereocenters. The topological polar surface area (TPSA) is 96.3 Å². The molecule has 1 aliphatic rings. The molecular weight excluding hydrogens is 334 g/mol. The van der Waals surface area contributed by atoms with Crippen molar-refractivity contribution < 1.29 is 23.5 Å². The van der Waals surface area contributed by atoms with Gasteiger partial charge in [-0.1, -0.05) is 0 Å². The number of nitrogens with one attached hydrogen (secondary N) is 2. The van der Waals surface area contributed by atoms with E-state index in [1.54, 1.807) is 17.8 Å².